The van der Waals surface area contributed by atoms with E-state index in [-0.39, 0.29) is 11.3 Å². The summed E-state index contributed by atoms with van der Waals surface area (Å²) in [7, 11) is 0. The number of nitrogens with two attached hydrogens (primary N) is 1. The fraction of sp³-hybridized carbons (Fsp3) is 0.833. The van der Waals surface area contributed by atoms with E-state index in [1.165, 1.54) is 25.7 Å². The zero-order valence-corrected chi connectivity index (χ0v) is 12.4. The molecule has 106 valence electrons. The SMILES string of the molecule is CC(C)(CCSc1nnnn1C1CCCC1)C(=N)N. The van der Waals surface area contributed by atoms with Crippen LogP contribution in [0.4, 0.5) is 0 Å². The van der Waals surface area contributed by atoms with Crippen LogP contribution in [0.2, 0.25) is 0 Å². The van der Waals surface area contributed by atoms with Crippen LogP contribution in [-0.4, -0.2) is 31.8 Å². The summed E-state index contributed by atoms with van der Waals surface area (Å²) >= 11 is 1.66. The Morgan fingerprint density at radius 3 is 2.79 bits per heavy atom. The van der Waals surface area contributed by atoms with Gasteiger partial charge >= 0.3 is 0 Å². The first-order chi connectivity index (χ1) is 9.00. The lowest BCUT2D eigenvalue weighted by molar-refractivity contribution is 0.422. The highest BCUT2D eigenvalue weighted by molar-refractivity contribution is 7.99. The van der Waals surface area contributed by atoms with Gasteiger partial charge in [0.25, 0.3) is 0 Å². The number of rotatable bonds is 6. The molecule has 0 aliphatic heterocycles. The number of amidine groups is 1. The molecule has 0 amide bonds. The average molecular weight is 282 g/mol. The molecule has 0 spiro atoms. The van der Waals surface area contributed by atoms with Crippen molar-refractivity contribution >= 4 is 17.6 Å². The molecular formula is C12H22N6S. The number of hydrogen-bond donors (Lipinski definition) is 2. The fourth-order valence-corrected chi connectivity index (χ4v) is 3.40. The molecule has 0 atom stereocenters. The zero-order valence-electron chi connectivity index (χ0n) is 11.6. The molecule has 0 radical (unpaired) electrons. The smallest absolute Gasteiger partial charge is 0.209 e. The maximum Gasteiger partial charge on any atom is 0.209 e. The third-order valence-corrected chi connectivity index (χ3v) is 4.76. The minimum atomic E-state index is -0.251. The lowest BCUT2D eigenvalue weighted by atomic mass is 9.89. The van der Waals surface area contributed by atoms with Crippen molar-refractivity contribution in [2.45, 2.75) is 57.1 Å². The molecule has 1 aromatic rings. The second-order valence-electron chi connectivity index (χ2n) is 5.74. The molecule has 0 unspecified atom stereocenters. The quantitative estimate of drug-likeness (QED) is 0.474. The van der Waals surface area contributed by atoms with Crippen molar-refractivity contribution in [3.8, 4) is 0 Å². The molecule has 1 aromatic heterocycles. The number of thioether (sulfide) groups is 1. The maximum atomic E-state index is 7.55. The molecule has 7 heteroatoms. The van der Waals surface area contributed by atoms with Gasteiger partial charge < -0.3 is 5.73 Å². The third kappa shape index (κ3) is 3.46. The molecular weight excluding hydrogens is 260 g/mol. The van der Waals surface area contributed by atoms with Crippen molar-refractivity contribution in [3.05, 3.63) is 0 Å². The summed E-state index contributed by atoms with van der Waals surface area (Å²) in [4.78, 5) is 0. The summed E-state index contributed by atoms with van der Waals surface area (Å²) in [6.45, 7) is 3.99. The number of nitrogens with one attached hydrogen (secondary N) is 1. The van der Waals surface area contributed by atoms with Crippen LogP contribution in [0.5, 0.6) is 0 Å². The highest BCUT2D eigenvalue weighted by atomic mass is 32.2. The van der Waals surface area contributed by atoms with Gasteiger partial charge in [0, 0.05) is 11.2 Å². The Kier molecular flexibility index (Phi) is 4.44. The first-order valence-corrected chi connectivity index (χ1v) is 7.74. The van der Waals surface area contributed by atoms with E-state index in [0.29, 0.717) is 6.04 Å². The van der Waals surface area contributed by atoms with Gasteiger partial charge in [-0.1, -0.05) is 38.5 Å². The first-order valence-electron chi connectivity index (χ1n) is 6.76. The van der Waals surface area contributed by atoms with E-state index in [2.05, 4.69) is 15.5 Å². The Morgan fingerprint density at radius 1 is 1.47 bits per heavy atom. The van der Waals surface area contributed by atoms with Crippen LogP contribution in [-0.2, 0) is 0 Å². The van der Waals surface area contributed by atoms with E-state index in [1.807, 2.05) is 18.5 Å². The molecule has 1 saturated carbocycles. The van der Waals surface area contributed by atoms with Crippen LogP contribution in [0.25, 0.3) is 0 Å². The highest BCUT2D eigenvalue weighted by Crippen LogP contribution is 2.32. The van der Waals surface area contributed by atoms with Crippen LogP contribution in [0.15, 0.2) is 5.16 Å². The van der Waals surface area contributed by atoms with E-state index in [1.54, 1.807) is 11.8 Å². The third-order valence-electron chi connectivity index (χ3n) is 3.82. The van der Waals surface area contributed by atoms with Gasteiger partial charge in [0.15, 0.2) is 0 Å². The summed E-state index contributed by atoms with van der Waals surface area (Å²) in [5.41, 5.74) is 5.34. The van der Waals surface area contributed by atoms with Gasteiger partial charge in [0.2, 0.25) is 5.16 Å². The van der Waals surface area contributed by atoms with Crippen molar-refractivity contribution in [2.75, 3.05) is 5.75 Å². The standard InChI is InChI=1S/C12H22N6S/c1-12(2,10(13)14)7-8-19-11-15-16-17-18(11)9-5-3-4-6-9/h9H,3-8H2,1-2H3,(H3,13,14). The van der Waals surface area contributed by atoms with Crippen molar-refractivity contribution in [1.29, 1.82) is 5.41 Å². The summed E-state index contributed by atoms with van der Waals surface area (Å²) < 4.78 is 1.97. The van der Waals surface area contributed by atoms with Gasteiger partial charge in [-0.2, -0.15) is 0 Å². The molecule has 1 aliphatic rings. The van der Waals surface area contributed by atoms with Crippen LogP contribution in [0, 0.1) is 10.8 Å². The van der Waals surface area contributed by atoms with E-state index >= 15 is 0 Å². The van der Waals surface area contributed by atoms with E-state index in [0.717, 1.165) is 17.3 Å². The summed E-state index contributed by atoms with van der Waals surface area (Å²) in [6, 6.07) is 0.471. The second-order valence-corrected chi connectivity index (χ2v) is 6.80. The van der Waals surface area contributed by atoms with Gasteiger partial charge in [0.05, 0.1) is 11.9 Å². The lowest BCUT2D eigenvalue weighted by Crippen LogP contribution is -2.31. The number of nitrogens with zero attached hydrogens (tertiary/aromatic N) is 4. The highest BCUT2D eigenvalue weighted by Gasteiger charge is 2.24. The van der Waals surface area contributed by atoms with Crippen molar-refractivity contribution < 1.29 is 0 Å². The van der Waals surface area contributed by atoms with Crippen molar-refractivity contribution in [2.24, 2.45) is 11.1 Å². The molecule has 0 saturated heterocycles. The molecule has 1 fully saturated rings. The largest absolute Gasteiger partial charge is 0.387 e. The molecule has 2 rings (SSSR count). The Hall–Kier alpha value is -1.11. The summed E-state index contributed by atoms with van der Waals surface area (Å²) in [6.07, 6.45) is 5.75. The Balaban J connectivity index is 1.90. The number of tetrazole rings is 1. The summed E-state index contributed by atoms with van der Waals surface area (Å²) in [5.74, 6) is 1.11. The second kappa shape index (κ2) is 5.90. The zero-order chi connectivity index (χ0) is 13.9. The predicted octanol–water partition coefficient (Wildman–Crippen LogP) is 2.23. The van der Waals surface area contributed by atoms with E-state index in [9.17, 15) is 0 Å². The molecule has 3 N–H and O–H groups in total. The summed E-state index contributed by atoms with van der Waals surface area (Å²) in [5, 5.41) is 20.5. The Morgan fingerprint density at radius 2 is 2.16 bits per heavy atom. The normalized spacial score (nSPS) is 16.9. The van der Waals surface area contributed by atoms with Crippen molar-refractivity contribution in [3.63, 3.8) is 0 Å². The minimum absolute atomic E-state index is 0.239. The topological polar surface area (TPSA) is 93.5 Å². The lowest BCUT2D eigenvalue weighted by Gasteiger charge is -2.22. The first kappa shape index (κ1) is 14.3. The number of hydrogen-bond acceptors (Lipinski definition) is 5. The fourth-order valence-electron chi connectivity index (χ4n) is 2.19. The van der Waals surface area contributed by atoms with Crippen LogP contribution >= 0.6 is 11.8 Å². The van der Waals surface area contributed by atoms with Gasteiger partial charge in [-0.15, -0.1) is 5.10 Å². The number of aromatic nitrogens is 4. The molecule has 0 aromatic carbocycles. The van der Waals surface area contributed by atoms with Gasteiger partial charge in [-0.05, 0) is 29.7 Å². The molecule has 0 bridgehead atoms. The predicted molar refractivity (Wildman–Crippen MR) is 76.4 cm³/mol. The maximum absolute atomic E-state index is 7.55. The van der Waals surface area contributed by atoms with Crippen LogP contribution in [0.3, 0.4) is 0 Å². The molecule has 19 heavy (non-hydrogen) atoms. The van der Waals surface area contributed by atoms with Crippen LogP contribution in [0.1, 0.15) is 52.0 Å². The molecule has 1 aliphatic carbocycles. The Labute approximate surface area is 118 Å². The van der Waals surface area contributed by atoms with Crippen molar-refractivity contribution in [1.82, 2.24) is 20.2 Å². The Bertz CT molecular complexity index is 435. The van der Waals surface area contributed by atoms with Crippen LogP contribution < -0.4 is 5.73 Å². The molecule has 6 nitrogen and oxygen atoms in total. The van der Waals surface area contributed by atoms with Gasteiger partial charge in [-0.25, -0.2) is 4.68 Å². The van der Waals surface area contributed by atoms with Gasteiger partial charge in [0.1, 0.15) is 0 Å². The minimum Gasteiger partial charge on any atom is -0.387 e. The molecule has 1 heterocycles. The monoisotopic (exact) mass is 282 g/mol. The van der Waals surface area contributed by atoms with E-state index < -0.39 is 0 Å². The van der Waals surface area contributed by atoms with E-state index in [4.69, 9.17) is 11.1 Å². The average Bonchev–Trinajstić information content (AvgIpc) is 2.97. The van der Waals surface area contributed by atoms with Gasteiger partial charge in [-0.3, -0.25) is 5.41 Å².